The van der Waals surface area contributed by atoms with Crippen molar-refractivity contribution in [2.24, 2.45) is 0 Å². The second-order valence-corrected chi connectivity index (χ2v) is 5.06. The van der Waals surface area contributed by atoms with Gasteiger partial charge in [0.05, 0.1) is 11.2 Å². The summed E-state index contributed by atoms with van der Waals surface area (Å²) in [5.41, 5.74) is 2.18. The van der Waals surface area contributed by atoms with Crippen molar-refractivity contribution in [2.75, 3.05) is 6.54 Å². The number of nitrogens with zero attached hydrogens (tertiary/aromatic N) is 1. The fraction of sp³-hybridized carbons (Fsp3) is 0.500. The summed E-state index contributed by atoms with van der Waals surface area (Å²) in [5, 5.41) is 15.5. The average Bonchev–Trinajstić information content (AvgIpc) is 2.77. The molecule has 0 aliphatic rings. The first-order chi connectivity index (χ1) is 8.66. The molecular weight excluding hydrogens is 224 g/mol. The number of H-pyrrole nitrogens is 1. The van der Waals surface area contributed by atoms with E-state index in [-0.39, 0.29) is 0 Å². The smallest absolute Gasteiger partial charge is 0.0924 e. The van der Waals surface area contributed by atoms with Gasteiger partial charge in [0.25, 0.3) is 0 Å². The maximum absolute atomic E-state index is 4.29. The van der Waals surface area contributed by atoms with Crippen molar-refractivity contribution in [3.63, 3.8) is 0 Å². The van der Waals surface area contributed by atoms with Crippen molar-refractivity contribution in [2.45, 2.75) is 39.4 Å². The van der Waals surface area contributed by atoms with E-state index in [4.69, 9.17) is 0 Å². The molecule has 2 rings (SSSR count). The summed E-state index contributed by atoms with van der Waals surface area (Å²) in [6.45, 7) is 8.31. The van der Waals surface area contributed by atoms with Gasteiger partial charge in [0.2, 0.25) is 0 Å². The Hall–Kier alpha value is -1.39. The highest BCUT2D eigenvalue weighted by atomic mass is 15.1. The molecule has 0 bridgehead atoms. The Morgan fingerprint density at radius 3 is 2.72 bits per heavy atom. The zero-order valence-electron chi connectivity index (χ0n) is 11.3. The van der Waals surface area contributed by atoms with Gasteiger partial charge in [-0.3, -0.25) is 5.10 Å². The SMILES string of the molecule is CC(C)NCC(C)NCc1[nH]nc2ccccc12. The largest absolute Gasteiger partial charge is 0.313 e. The number of benzene rings is 1. The number of fused-ring (bicyclic) bond motifs is 1. The van der Waals surface area contributed by atoms with Crippen molar-refractivity contribution in [1.29, 1.82) is 0 Å². The lowest BCUT2D eigenvalue weighted by Crippen LogP contribution is -2.38. The lowest BCUT2D eigenvalue weighted by molar-refractivity contribution is 0.472. The predicted octanol–water partition coefficient (Wildman–Crippen LogP) is 2.04. The predicted molar refractivity (Wildman–Crippen MR) is 75.5 cm³/mol. The van der Waals surface area contributed by atoms with Gasteiger partial charge in [-0.25, -0.2) is 0 Å². The molecule has 0 fully saturated rings. The molecule has 18 heavy (non-hydrogen) atoms. The Bertz CT molecular complexity index is 489. The Balaban J connectivity index is 1.90. The summed E-state index contributed by atoms with van der Waals surface area (Å²) in [7, 11) is 0. The van der Waals surface area contributed by atoms with Gasteiger partial charge in [-0.1, -0.05) is 32.0 Å². The number of hydrogen-bond donors (Lipinski definition) is 3. The van der Waals surface area contributed by atoms with E-state index in [2.05, 4.69) is 47.7 Å². The van der Waals surface area contributed by atoms with Crippen LogP contribution in [-0.2, 0) is 6.54 Å². The van der Waals surface area contributed by atoms with E-state index in [9.17, 15) is 0 Å². The Kier molecular flexibility index (Phi) is 4.33. The highest BCUT2D eigenvalue weighted by Crippen LogP contribution is 2.14. The first-order valence-electron chi connectivity index (χ1n) is 6.55. The van der Waals surface area contributed by atoms with Crippen LogP contribution in [0.1, 0.15) is 26.5 Å². The van der Waals surface area contributed by atoms with Gasteiger partial charge in [0.15, 0.2) is 0 Å². The van der Waals surface area contributed by atoms with Gasteiger partial charge in [0, 0.05) is 30.6 Å². The molecule has 4 heteroatoms. The molecule has 0 radical (unpaired) electrons. The third-order valence-electron chi connectivity index (χ3n) is 3.00. The summed E-state index contributed by atoms with van der Waals surface area (Å²) >= 11 is 0. The average molecular weight is 246 g/mol. The molecule has 0 aliphatic carbocycles. The molecule has 0 spiro atoms. The van der Waals surface area contributed by atoms with Crippen LogP contribution in [0, 0.1) is 0 Å². The van der Waals surface area contributed by atoms with Crippen LogP contribution >= 0.6 is 0 Å². The van der Waals surface area contributed by atoms with E-state index in [0.29, 0.717) is 12.1 Å². The van der Waals surface area contributed by atoms with Crippen LogP contribution in [0.15, 0.2) is 24.3 Å². The maximum atomic E-state index is 4.29. The first kappa shape index (κ1) is 13.1. The number of nitrogens with one attached hydrogen (secondary N) is 3. The number of aromatic nitrogens is 2. The molecule has 1 atom stereocenters. The number of rotatable bonds is 6. The molecule has 2 aromatic rings. The van der Waals surface area contributed by atoms with Gasteiger partial charge >= 0.3 is 0 Å². The van der Waals surface area contributed by atoms with Crippen LogP contribution in [0.4, 0.5) is 0 Å². The second kappa shape index (κ2) is 5.98. The number of para-hydroxylation sites is 1. The molecule has 4 nitrogen and oxygen atoms in total. The summed E-state index contributed by atoms with van der Waals surface area (Å²) in [6, 6.07) is 9.16. The second-order valence-electron chi connectivity index (χ2n) is 5.06. The van der Waals surface area contributed by atoms with E-state index in [0.717, 1.165) is 24.3 Å². The van der Waals surface area contributed by atoms with Crippen LogP contribution in [0.3, 0.4) is 0 Å². The van der Waals surface area contributed by atoms with Gasteiger partial charge in [-0.15, -0.1) is 0 Å². The van der Waals surface area contributed by atoms with Crippen LogP contribution in [0.25, 0.3) is 10.9 Å². The van der Waals surface area contributed by atoms with E-state index < -0.39 is 0 Å². The van der Waals surface area contributed by atoms with Gasteiger partial charge < -0.3 is 10.6 Å². The molecule has 1 aromatic heterocycles. The lowest BCUT2D eigenvalue weighted by Gasteiger charge is -2.16. The highest BCUT2D eigenvalue weighted by Gasteiger charge is 2.06. The normalized spacial score (nSPS) is 13.3. The van der Waals surface area contributed by atoms with Crippen molar-refractivity contribution in [1.82, 2.24) is 20.8 Å². The van der Waals surface area contributed by atoms with E-state index in [1.807, 2.05) is 18.2 Å². The Labute approximate surface area is 108 Å². The quantitative estimate of drug-likeness (QED) is 0.731. The third kappa shape index (κ3) is 3.31. The minimum absolute atomic E-state index is 0.439. The van der Waals surface area contributed by atoms with Crippen LogP contribution in [0.2, 0.25) is 0 Å². The number of hydrogen-bond acceptors (Lipinski definition) is 3. The van der Waals surface area contributed by atoms with Gasteiger partial charge in [0.1, 0.15) is 0 Å². The third-order valence-corrected chi connectivity index (χ3v) is 3.00. The minimum Gasteiger partial charge on any atom is -0.313 e. The molecule has 1 aromatic carbocycles. The molecule has 0 saturated carbocycles. The molecule has 1 heterocycles. The van der Waals surface area contributed by atoms with Gasteiger partial charge in [-0.2, -0.15) is 5.10 Å². The van der Waals surface area contributed by atoms with Crippen LogP contribution in [-0.4, -0.2) is 28.8 Å². The van der Waals surface area contributed by atoms with Crippen molar-refractivity contribution in [3.8, 4) is 0 Å². The highest BCUT2D eigenvalue weighted by molar-refractivity contribution is 5.81. The summed E-state index contributed by atoms with van der Waals surface area (Å²) in [6.07, 6.45) is 0. The summed E-state index contributed by atoms with van der Waals surface area (Å²) in [4.78, 5) is 0. The Morgan fingerprint density at radius 1 is 1.17 bits per heavy atom. The number of aromatic amines is 1. The van der Waals surface area contributed by atoms with E-state index in [1.54, 1.807) is 0 Å². The van der Waals surface area contributed by atoms with Gasteiger partial charge in [-0.05, 0) is 13.0 Å². The topological polar surface area (TPSA) is 52.7 Å². The molecular formula is C14H22N4. The van der Waals surface area contributed by atoms with E-state index in [1.165, 1.54) is 5.39 Å². The molecule has 1 unspecified atom stereocenters. The van der Waals surface area contributed by atoms with E-state index >= 15 is 0 Å². The summed E-state index contributed by atoms with van der Waals surface area (Å²) in [5.74, 6) is 0. The molecule has 0 amide bonds. The standard InChI is InChI=1S/C14H22N4/c1-10(2)15-8-11(3)16-9-14-12-6-4-5-7-13(12)17-18-14/h4-7,10-11,15-16H,8-9H2,1-3H3,(H,17,18). The lowest BCUT2D eigenvalue weighted by atomic mass is 10.2. The maximum Gasteiger partial charge on any atom is 0.0924 e. The minimum atomic E-state index is 0.439. The fourth-order valence-electron chi connectivity index (χ4n) is 1.91. The van der Waals surface area contributed by atoms with Crippen molar-refractivity contribution in [3.05, 3.63) is 30.0 Å². The molecule has 3 N–H and O–H groups in total. The van der Waals surface area contributed by atoms with Crippen LogP contribution in [0.5, 0.6) is 0 Å². The molecule has 0 saturated heterocycles. The monoisotopic (exact) mass is 246 g/mol. The Morgan fingerprint density at radius 2 is 1.94 bits per heavy atom. The fourth-order valence-corrected chi connectivity index (χ4v) is 1.91. The first-order valence-corrected chi connectivity index (χ1v) is 6.55. The zero-order valence-corrected chi connectivity index (χ0v) is 11.3. The molecule has 98 valence electrons. The van der Waals surface area contributed by atoms with Crippen LogP contribution < -0.4 is 10.6 Å². The molecule has 0 aliphatic heterocycles. The summed E-state index contributed by atoms with van der Waals surface area (Å²) < 4.78 is 0. The van der Waals surface area contributed by atoms with Crippen molar-refractivity contribution >= 4 is 10.9 Å². The zero-order chi connectivity index (χ0) is 13.0. The van der Waals surface area contributed by atoms with Crippen molar-refractivity contribution < 1.29 is 0 Å².